The van der Waals surface area contributed by atoms with Crippen LogP contribution < -0.4 is 0 Å². The Kier molecular flexibility index (Phi) is 5.67. The van der Waals surface area contributed by atoms with Crippen LogP contribution in [0.15, 0.2) is 11.0 Å². The molecule has 2 heterocycles. The van der Waals surface area contributed by atoms with E-state index in [1.807, 2.05) is 13.8 Å². The zero-order chi connectivity index (χ0) is 18.1. The predicted molar refractivity (Wildman–Crippen MR) is 92.4 cm³/mol. The maximum absolute atomic E-state index is 12.7. The molecular formula is C15H23N3O4S2. The van der Waals surface area contributed by atoms with Crippen molar-refractivity contribution < 1.29 is 18.0 Å². The van der Waals surface area contributed by atoms with E-state index in [0.717, 1.165) is 9.75 Å². The number of nitrogens with zero attached hydrogens (tertiary/aromatic N) is 3. The Hall–Kier alpha value is -1.45. The lowest BCUT2D eigenvalue weighted by atomic mass is 10.3. The number of thiophene rings is 1. The third-order valence-corrected chi connectivity index (χ3v) is 7.23. The summed E-state index contributed by atoms with van der Waals surface area (Å²) in [6.45, 7) is 6.34. The van der Waals surface area contributed by atoms with Gasteiger partial charge in [0.15, 0.2) is 0 Å². The molecule has 1 aliphatic rings. The Balaban J connectivity index is 2.01. The van der Waals surface area contributed by atoms with Crippen LogP contribution in [0.1, 0.15) is 16.7 Å². The molecule has 0 aromatic carbocycles. The number of aryl methyl sites for hydroxylation is 2. The van der Waals surface area contributed by atoms with Gasteiger partial charge in [-0.1, -0.05) is 0 Å². The first kappa shape index (κ1) is 18.9. The molecule has 1 aromatic rings. The van der Waals surface area contributed by atoms with Crippen LogP contribution in [0.25, 0.3) is 0 Å². The normalized spacial score (nSPS) is 16.2. The van der Waals surface area contributed by atoms with E-state index in [0.29, 0.717) is 18.0 Å². The molecule has 0 bridgehead atoms. The van der Waals surface area contributed by atoms with Crippen LogP contribution in [0.4, 0.5) is 0 Å². The van der Waals surface area contributed by atoms with Crippen molar-refractivity contribution in [1.82, 2.24) is 14.1 Å². The van der Waals surface area contributed by atoms with Gasteiger partial charge in [-0.15, -0.1) is 11.3 Å². The fraction of sp³-hybridized carbons (Fsp3) is 0.600. The number of piperazine rings is 1. The molecule has 1 aliphatic heterocycles. The van der Waals surface area contributed by atoms with Crippen molar-refractivity contribution in [1.29, 1.82) is 0 Å². The van der Waals surface area contributed by atoms with Gasteiger partial charge in [0.2, 0.25) is 21.8 Å². The van der Waals surface area contributed by atoms with Crippen molar-refractivity contribution in [2.24, 2.45) is 0 Å². The molecule has 0 atom stereocenters. The monoisotopic (exact) mass is 373 g/mol. The van der Waals surface area contributed by atoms with Crippen LogP contribution >= 0.6 is 11.3 Å². The molecule has 0 spiro atoms. The Labute approximate surface area is 146 Å². The summed E-state index contributed by atoms with van der Waals surface area (Å²) >= 11 is 1.47. The molecule has 9 heteroatoms. The fourth-order valence-electron chi connectivity index (χ4n) is 2.59. The topological polar surface area (TPSA) is 78.0 Å². The van der Waals surface area contributed by atoms with Gasteiger partial charge in [0, 0.05) is 49.9 Å². The van der Waals surface area contributed by atoms with Crippen molar-refractivity contribution in [3.8, 4) is 0 Å². The average Bonchev–Trinajstić information content (AvgIpc) is 2.86. The summed E-state index contributed by atoms with van der Waals surface area (Å²) in [6.07, 6.45) is 0. The van der Waals surface area contributed by atoms with Gasteiger partial charge < -0.3 is 9.80 Å². The van der Waals surface area contributed by atoms with E-state index < -0.39 is 10.0 Å². The van der Waals surface area contributed by atoms with Crippen molar-refractivity contribution in [2.75, 3.05) is 39.8 Å². The number of amides is 2. The Bertz CT molecular complexity index is 734. The highest BCUT2D eigenvalue weighted by Gasteiger charge is 2.32. The molecule has 2 rings (SSSR count). The van der Waals surface area contributed by atoms with E-state index in [2.05, 4.69) is 0 Å². The molecule has 1 saturated heterocycles. The van der Waals surface area contributed by atoms with Crippen LogP contribution in [0, 0.1) is 13.8 Å². The zero-order valence-corrected chi connectivity index (χ0v) is 16.0. The summed E-state index contributed by atoms with van der Waals surface area (Å²) in [6, 6.07) is 1.70. The highest BCUT2D eigenvalue weighted by atomic mass is 32.2. The second kappa shape index (κ2) is 7.20. The molecule has 2 amide bonds. The highest BCUT2D eigenvalue weighted by molar-refractivity contribution is 7.89. The summed E-state index contributed by atoms with van der Waals surface area (Å²) in [4.78, 5) is 28.4. The van der Waals surface area contributed by atoms with Crippen LogP contribution in [-0.2, 0) is 19.6 Å². The van der Waals surface area contributed by atoms with Gasteiger partial charge in [0.05, 0.1) is 11.4 Å². The molecule has 134 valence electrons. The number of hydrogen-bond donors (Lipinski definition) is 0. The third-order valence-electron chi connectivity index (χ3n) is 4.11. The van der Waals surface area contributed by atoms with Crippen molar-refractivity contribution in [2.45, 2.75) is 25.7 Å². The second-order valence-corrected chi connectivity index (χ2v) is 9.30. The number of sulfonamides is 1. The average molecular weight is 374 g/mol. The molecule has 0 unspecified atom stereocenters. The first-order valence-corrected chi connectivity index (χ1v) is 9.95. The molecule has 7 nitrogen and oxygen atoms in total. The number of rotatable bonds is 4. The van der Waals surface area contributed by atoms with Crippen LogP contribution in [0.2, 0.25) is 0 Å². The molecular weight excluding hydrogens is 350 g/mol. The molecule has 0 radical (unpaired) electrons. The van der Waals surface area contributed by atoms with Crippen LogP contribution in [-0.4, -0.2) is 74.1 Å². The van der Waals surface area contributed by atoms with E-state index in [1.54, 1.807) is 18.0 Å². The first-order chi connectivity index (χ1) is 11.1. The minimum absolute atomic E-state index is 0.0188. The van der Waals surface area contributed by atoms with Crippen molar-refractivity contribution in [3.05, 3.63) is 15.8 Å². The van der Waals surface area contributed by atoms with Gasteiger partial charge in [-0.05, 0) is 19.9 Å². The number of carbonyl (C=O) groups excluding carboxylic acids is 2. The highest BCUT2D eigenvalue weighted by Crippen LogP contribution is 2.28. The fourth-order valence-corrected chi connectivity index (χ4v) is 5.54. The minimum atomic E-state index is -3.52. The Morgan fingerprint density at radius 3 is 2.25 bits per heavy atom. The Morgan fingerprint density at radius 2 is 1.79 bits per heavy atom. The third kappa shape index (κ3) is 3.96. The van der Waals surface area contributed by atoms with Gasteiger partial charge >= 0.3 is 0 Å². The zero-order valence-electron chi connectivity index (χ0n) is 14.4. The summed E-state index contributed by atoms with van der Waals surface area (Å²) in [7, 11) is -1.94. The molecule has 0 aliphatic carbocycles. The van der Waals surface area contributed by atoms with Gasteiger partial charge in [-0.3, -0.25) is 9.59 Å². The molecule has 0 N–H and O–H groups in total. The van der Waals surface area contributed by atoms with Gasteiger partial charge in [0.1, 0.15) is 0 Å². The molecule has 1 fully saturated rings. The summed E-state index contributed by atoms with van der Waals surface area (Å²) < 4.78 is 26.9. The van der Waals surface area contributed by atoms with Crippen molar-refractivity contribution in [3.63, 3.8) is 0 Å². The molecule has 0 saturated carbocycles. The SMILES string of the molecule is CC(=O)N(C)CC(=O)N1CCN(S(=O)(=O)c2cc(C)sc2C)CC1. The summed E-state index contributed by atoms with van der Waals surface area (Å²) in [5.41, 5.74) is 0. The summed E-state index contributed by atoms with van der Waals surface area (Å²) in [5, 5.41) is 0. The van der Waals surface area contributed by atoms with Gasteiger partial charge in [0.25, 0.3) is 0 Å². The van der Waals surface area contributed by atoms with Crippen LogP contribution in [0.3, 0.4) is 0 Å². The standard InChI is InChI=1S/C15H23N3O4S2/c1-11-9-14(12(2)23-11)24(21,22)18-7-5-17(6-8-18)15(20)10-16(4)13(3)19/h9H,5-8,10H2,1-4H3. The van der Waals surface area contributed by atoms with E-state index in [1.165, 1.54) is 27.5 Å². The molecule has 1 aromatic heterocycles. The van der Waals surface area contributed by atoms with E-state index in [4.69, 9.17) is 0 Å². The summed E-state index contributed by atoms with van der Waals surface area (Å²) in [5.74, 6) is -0.333. The largest absolute Gasteiger partial charge is 0.339 e. The first-order valence-electron chi connectivity index (χ1n) is 7.69. The van der Waals surface area contributed by atoms with Gasteiger partial charge in [-0.25, -0.2) is 8.42 Å². The maximum atomic E-state index is 12.7. The number of carbonyl (C=O) groups is 2. The minimum Gasteiger partial charge on any atom is -0.339 e. The maximum Gasteiger partial charge on any atom is 0.244 e. The van der Waals surface area contributed by atoms with Crippen LogP contribution in [0.5, 0.6) is 0 Å². The number of hydrogen-bond acceptors (Lipinski definition) is 5. The molecule has 24 heavy (non-hydrogen) atoms. The van der Waals surface area contributed by atoms with Crippen molar-refractivity contribution >= 4 is 33.2 Å². The lowest BCUT2D eigenvalue weighted by Gasteiger charge is -2.34. The van der Waals surface area contributed by atoms with Gasteiger partial charge in [-0.2, -0.15) is 4.31 Å². The Morgan fingerprint density at radius 1 is 1.21 bits per heavy atom. The quantitative estimate of drug-likeness (QED) is 0.777. The van der Waals surface area contributed by atoms with E-state index >= 15 is 0 Å². The lowest BCUT2D eigenvalue weighted by molar-refractivity contribution is -0.139. The second-order valence-electron chi connectivity index (χ2n) is 5.94. The predicted octanol–water partition coefficient (Wildman–Crippen LogP) is 0.676. The van der Waals surface area contributed by atoms with E-state index in [-0.39, 0.29) is 31.4 Å². The number of likely N-dealkylation sites (N-methyl/N-ethyl adjacent to an activating group) is 1. The lowest BCUT2D eigenvalue weighted by Crippen LogP contribution is -2.52. The van der Waals surface area contributed by atoms with E-state index in [9.17, 15) is 18.0 Å². The smallest absolute Gasteiger partial charge is 0.244 e.